The lowest BCUT2D eigenvalue weighted by Crippen LogP contribution is -2.32. The highest BCUT2D eigenvalue weighted by atomic mass is 16.6. The van der Waals surface area contributed by atoms with Gasteiger partial charge >= 0.3 is 5.69 Å². The van der Waals surface area contributed by atoms with E-state index in [1.807, 2.05) is 6.07 Å². The van der Waals surface area contributed by atoms with Gasteiger partial charge < -0.3 is 10.6 Å². The molecule has 2 rings (SSSR count). The van der Waals surface area contributed by atoms with Crippen molar-refractivity contribution >= 4 is 11.5 Å². The van der Waals surface area contributed by atoms with Crippen LogP contribution in [0.15, 0.2) is 12.3 Å². The Morgan fingerprint density at radius 2 is 2.05 bits per heavy atom. The number of nitriles is 1. The van der Waals surface area contributed by atoms with Crippen molar-refractivity contribution in [3.63, 3.8) is 0 Å². The third-order valence-corrected chi connectivity index (χ3v) is 3.90. The molecule has 0 atom stereocenters. The van der Waals surface area contributed by atoms with Gasteiger partial charge in [-0.15, -0.1) is 0 Å². The van der Waals surface area contributed by atoms with Crippen LogP contribution in [0, 0.1) is 21.4 Å². The average molecular weight is 303 g/mol. The molecule has 0 unspecified atom stereocenters. The van der Waals surface area contributed by atoms with Crippen LogP contribution in [-0.2, 0) is 0 Å². The van der Waals surface area contributed by atoms with Crippen LogP contribution in [0.25, 0.3) is 0 Å². The Balaban J connectivity index is 1.83. The molecule has 0 radical (unpaired) electrons. The lowest BCUT2D eigenvalue weighted by molar-refractivity contribution is -0.384. The van der Waals surface area contributed by atoms with Crippen molar-refractivity contribution in [2.24, 2.45) is 0 Å². The molecule has 0 amide bonds. The molecule has 118 valence electrons. The van der Waals surface area contributed by atoms with E-state index in [0.29, 0.717) is 12.6 Å². The van der Waals surface area contributed by atoms with Crippen LogP contribution in [-0.4, -0.2) is 29.0 Å². The smallest absolute Gasteiger partial charge is 0.312 e. The van der Waals surface area contributed by atoms with Crippen molar-refractivity contribution < 1.29 is 4.92 Å². The van der Waals surface area contributed by atoms with Gasteiger partial charge in [0.1, 0.15) is 6.07 Å². The number of aromatic nitrogens is 1. The van der Waals surface area contributed by atoms with E-state index >= 15 is 0 Å². The summed E-state index contributed by atoms with van der Waals surface area (Å²) in [6, 6.07) is 3.65. The molecule has 1 aromatic rings. The average Bonchev–Trinajstić information content (AvgIpc) is 2.80. The fourth-order valence-corrected chi connectivity index (χ4v) is 2.73. The summed E-state index contributed by atoms with van der Waals surface area (Å²) < 4.78 is 0. The molecule has 0 spiro atoms. The maximum absolute atomic E-state index is 11.0. The third-order valence-electron chi connectivity index (χ3n) is 3.90. The predicted octanol–water partition coefficient (Wildman–Crippen LogP) is 2.59. The minimum absolute atomic E-state index is 0.159. The molecular weight excluding hydrogens is 282 g/mol. The second-order valence-corrected chi connectivity index (χ2v) is 5.53. The van der Waals surface area contributed by atoms with Gasteiger partial charge in [0.25, 0.3) is 0 Å². The molecule has 1 aliphatic rings. The lowest BCUT2D eigenvalue weighted by Gasteiger charge is -2.16. The van der Waals surface area contributed by atoms with Crippen LogP contribution in [0.4, 0.5) is 11.5 Å². The Morgan fingerprint density at radius 1 is 1.32 bits per heavy atom. The number of hydrogen-bond donors (Lipinski definition) is 2. The van der Waals surface area contributed by atoms with Crippen molar-refractivity contribution in [1.82, 2.24) is 10.3 Å². The number of hydrogen-bond acceptors (Lipinski definition) is 6. The summed E-state index contributed by atoms with van der Waals surface area (Å²) in [5, 5.41) is 26.2. The zero-order valence-electron chi connectivity index (χ0n) is 12.5. The summed E-state index contributed by atoms with van der Waals surface area (Å²) in [5.74, 6) is 0.215. The molecule has 0 bridgehead atoms. The Kier molecular flexibility index (Phi) is 6.10. The summed E-state index contributed by atoms with van der Waals surface area (Å²) in [6.07, 6.45) is 8.93. The first-order chi connectivity index (χ1) is 10.7. The van der Waals surface area contributed by atoms with Gasteiger partial charge in [-0.25, -0.2) is 4.98 Å². The maximum atomic E-state index is 11.0. The number of nitrogens with zero attached hydrogens (tertiary/aromatic N) is 3. The van der Waals surface area contributed by atoms with Gasteiger partial charge in [0, 0.05) is 31.4 Å². The number of pyridine rings is 1. The second-order valence-electron chi connectivity index (χ2n) is 5.53. The first kappa shape index (κ1) is 16.2. The highest BCUT2D eigenvalue weighted by Crippen LogP contribution is 2.22. The molecule has 2 N–H and O–H groups in total. The highest BCUT2D eigenvalue weighted by Gasteiger charge is 2.16. The molecule has 0 aromatic carbocycles. The van der Waals surface area contributed by atoms with E-state index in [9.17, 15) is 10.1 Å². The maximum Gasteiger partial charge on any atom is 0.312 e. The van der Waals surface area contributed by atoms with Gasteiger partial charge in [-0.2, -0.15) is 5.26 Å². The molecule has 1 aromatic heterocycles. The SMILES string of the molecule is N#Cc1cnc(NCCNC2CCCCCC2)c([N+](=O)[O-])c1. The normalized spacial score (nSPS) is 15.8. The van der Waals surface area contributed by atoms with Crippen molar-refractivity contribution in [3.8, 4) is 6.07 Å². The van der Waals surface area contributed by atoms with Gasteiger partial charge in [0.2, 0.25) is 5.82 Å². The van der Waals surface area contributed by atoms with Crippen LogP contribution < -0.4 is 10.6 Å². The largest absolute Gasteiger partial charge is 0.363 e. The molecule has 0 saturated heterocycles. The van der Waals surface area contributed by atoms with Crippen molar-refractivity contribution in [2.45, 2.75) is 44.6 Å². The quantitative estimate of drug-likeness (QED) is 0.362. The van der Waals surface area contributed by atoms with E-state index in [0.717, 1.165) is 6.54 Å². The molecule has 0 aliphatic heterocycles. The van der Waals surface area contributed by atoms with E-state index < -0.39 is 4.92 Å². The Labute approximate surface area is 129 Å². The predicted molar refractivity (Wildman–Crippen MR) is 83.6 cm³/mol. The van der Waals surface area contributed by atoms with E-state index in [2.05, 4.69) is 15.6 Å². The van der Waals surface area contributed by atoms with Gasteiger partial charge in [-0.1, -0.05) is 25.7 Å². The summed E-state index contributed by atoms with van der Waals surface area (Å²) in [7, 11) is 0. The summed E-state index contributed by atoms with van der Waals surface area (Å²) in [5.41, 5.74) is 0.0300. The van der Waals surface area contributed by atoms with E-state index in [4.69, 9.17) is 5.26 Å². The molecule has 1 aliphatic carbocycles. The van der Waals surface area contributed by atoms with E-state index in [1.165, 1.54) is 50.8 Å². The first-order valence-electron chi connectivity index (χ1n) is 7.72. The molecular formula is C15H21N5O2. The molecule has 1 heterocycles. The first-order valence-corrected chi connectivity index (χ1v) is 7.72. The fraction of sp³-hybridized carbons (Fsp3) is 0.600. The lowest BCUT2D eigenvalue weighted by atomic mass is 10.1. The van der Waals surface area contributed by atoms with Gasteiger partial charge in [-0.3, -0.25) is 10.1 Å². The van der Waals surface area contributed by atoms with E-state index in [1.54, 1.807) is 0 Å². The van der Waals surface area contributed by atoms with Crippen LogP contribution >= 0.6 is 0 Å². The number of nitro groups is 1. The second kappa shape index (κ2) is 8.29. The minimum Gasteiger partial charge on any atom is -0.363 e. The Bertz CT molecular complexity index is 547. The van der Waals surface area contributed by atoms with Crippen LogP contribution in [0.5, 0.6) is 0 Å². The van der Waals surface area contributed by atoms with Gasteiger partial charge in [-0.05, 0) is 12.8 Å². The minimum atomic E-state index is -0.519. The van der Waals surface area contributed by atoms with Crippen molar-refractivity contribution in [2.75, 3.05) is 18.4 Å². The van der Waals surface area contributed by atoms with Crippen molar-refractivity contribution in [1.29, 1.82) is 5.26 Å². The number of nitrogens with one attached hydrogen (secondary N) is 2. The molecule has 22 heavy (non-hydrogen) atoms. The van der Waals surface area contributed by atoms with Gasteiger partial charge in [0.15, 0.2) is 0 Å². The topological polar surface area (TPSA) is 104 Å². The Hall–Kier alpha value is -2.20. The fourth-order valence-electron chi connectivity index (χ4n) is 2.73. The van der Waals surface area contributed by atoms with E-state index in [-0.39, 0.29) is 17.1 Å². The monoisotopic (exact) mass is 303 g/mol. The number of rotatable bonds is 6. The third kappa shape index (κ3) is 4.67. The van der Waals surface area contributed by atoms with Crippen LogP contribution in [0.2, 0.25) is 0 Å². The molecule has 1 fully saturated rings. The molecule has 1 saturated carbocycles. The zero-order valence-corrected chi connectivity index (χ0v) is 12.5. The Morgan fingerprint density at radius 3 is 2.68 bits per heavy atom. The van der Waals surface area contributed by atoms with Gasteiger partial charge in [0.05, 0.1) is 10.5 Å². The summed E-state index contributed by atoms with van der Waals surface area (Å²) in [6.45, 7) is 1.31. The standard InChI is InChI=1S/C15H21N5O2/c16-10-12-9-14(20(21)22)15(19-11-12)18-8-7-17-13-5-3-1-2-4-6-13/h9,11,13,17H,1-8H2,(H,18,19). The molecule has 7 nitrogen and oxygen atoms in total. The van der Waals surface area contributed by atoms with Crippen LogP contribution in [0.3, 0.4) is 0 Å². The summed E-state index contributed by atoms with van der Waals surface area (Å²) >= 11 is 0. The number of anilines is 1. The zero-order chi connectivity index (χ0) is 15.8. The molecule has 7 heteroatoms. The summed E-state index contributed by atoms with van der Waals surface area (Å²) in [4.78, 5) is 14.5. The van der Waals surface area contributed by atoms with Crippen molar-refractivity contribution in [3.05, 3.63) is 27.9 Å². The van der Waals surface area contributed by atoms with Crippen LogP contribution in [0.1, 0.15) is 44.1 Å². The highest BCUT2D eigenvalue weighted by molar-refractivity contribution is 5.58.